The third-order valence-electron chi connectivity index (χ3n) is 3.72. The zero-order chi connectivity index (χ0) is 14.8. The number of carbonyl (C=O) groups is 1. The molecule has 3 nitrogen and oxygen atoms in total. The SMILES string of the molecule is CCn1ccnc1CC(=O)C(C)(C)c1ccc(F)cc1. The molecule has 0 amide bonds. The highest BCUT2D eigenvalue weighted by atomic mass is 19.1. The first kappa shape index (κ1) is 14.4. The number of carbonyl (C=O) groups excluding carboxylic acids is 1. The maximum absolute atomic E-state index is 13.0. The number of benzene rings is 1. The molecule has 0 aliphatic heterocycles. The average molecular weight is 274 g/mol. The summed E-state index contributed by atoms with van der Waals surface area (Å²) in [6.45, 7) is 6.53. The Hall–Kier alpha value is -1.97. The molecular formula is C16H19FN2O. The predicted molar refractivity (Wildman–Crippen MR) is 76.0 cm³/mol. The minimum atomic E-state index is -0.655. The molecule has 1 aromatic heterocycles. The van der Waals surface area contributed by atoms with E-state index in [-0.39, 0.29) is 18.0 Å². The van der Waals surface area contributed by atoms with Gasteiger partial charge in [-0.25, -0.2) is 9.37 Å². The first-order valence-electron chi connectivity index (χ1n) is 6.74. The summed E-state index contributed by atoms with van der Waals surface area (Å²) in [6, 6.07) is 6.10. The van der Waals surface area contributed by atoms with Gasteiger partial charge in [-0.3, -0.25) is 4.79 Å². The van der Waals surface area contributed by atoms with Crippen molar-refractivity contribution in [1.82, 2.24) is 9.55 Å². The van der Waals surface area contributed by atoms with Gasteiger partial charge >= 0.3 is 0 Å². The van der Waals surface area contributed by atoms with E-state index in [2.05, 4.69) is 4.98 Å². The zero-order valence-corrected chi connectivity index (χ0v) is 12.1. The number of Topliss-reactive ketones (excluding diaryl/α,β-unsaturated/α-hetero) is 1. The number of aryl methyl sites for hydroxylation is 1. The molecule has 0 fully saturated rings. The molecule has 2 aromatic rings. The highest BCUT2D eigenvalue weighted by Crippen LogP contribution is 2.25. The minimum Gasteiger partial charge on any atom is -0.335 e. The highest BCUT2D eigenvalue weighted by Gasteiger charge is 2.30. The van der Waals surface area contributed by atoms with E-state index in [4.69, 9.17) is 0 Å². The van der Waals surface area contributed by atoms with E-state index in [1.54, 1.807) is 18.3 Å². The lowest BCUT2D eigenvalue weighted by atomic mass is 9.79. The molecule has 1 aromatic carbocycles. The molecule has 0 saturated heterocycles. The van der Waals surface area contributed by atoms with Gasteiger partial charge in [-0.2, -0.15) is 0 Å². The van der Waals surface area contributed by atoms with Crippen molar-refractivity contribution >= 4 is 5.78 Å². The molecule has 0 spiro atoms. The van der Waals surface area contributed by atoms with Crippen molar-refractivity contribution in [2.24, 2.45) is 0 Å². The molecule has 106 valence electrons. The maximum Gasteiger partial charge on any atom is 0.150 e. The van der Waals surface area contributed by atoms with Crippen LogP contribution in [0, 0.1) is 5.82 Å². The minimum absolute atomic E-state index is 0.0741. The fourth-order valence-electron chi connectivity index (χ4n) is 2.19. The molecule has 0 atom stereocenters. The van der Waals surface area contributed by atoms with Crippen LogP contribution in [0.25, 0.3) is 0 Å². The Balaban J connectivity index is 2.21. The number of hydrogen-bond acceptors (Lipinski definition) is 2. The summed E-state index contributed by atoms with van der Waals surface area (Å²) in [5.41, 5.74) is 0.164. The van der Waals surface area contributed by atoms with Crippen LogP contribution in [0.2, 0.25) is 0 Å². The van der Waals surface area contributed by atoms with Crippen LogP contribution >= 0.6 is 0 Å². The molecule has 0 N–H and O–H groups in total. The van der Waals surface area contributed by atoms with E-state index in [0.29, 0.717) is 0 Å². The standard InChI is InChI=1S/C16H19FN2O/c1-4-19-10-9-18-15(19)11-14(20)16(2,3)12-5-7-13(17)8-6-12/h5-10H,4,11H2,1-3H3. The van der Waals surface area contributed by atoms with Gasteiger partial charge in [0.15, 0.2) is 0 Å². The van der Waals surface area contributed by atoms with E-state index in [1.807, 2.05) is 31.5 Å². The first-order valence-corrected chi connectivity index (χ1v) is 6.74. The lowest BCUT2D eigenvalue weighted by Gasteiger charge is -2.23. The Labute approximate surface area is 118 Å². The van der Waals surface area contributed by atoms with Crippen molar-refractivity contribution in [2.45, 2.75) is 39.2 Å². The summed E-state index contributed by atoms with van der Waals surface area (Å²) >= 11 is 0. The van der Waals surface area contributed by atoms with E-state index < -0.39 is 5.41 Å². The number of rotatable bonds is 5. The van der Waals surface area contributed by atoms with Crippen LogP contribution < -0.4 is 0 Å². The Morgan fingerprint density at radius 1 is 1.30 bits per heavy atom. The Morgan fingerprint density at radius 2 is 1.95 bits per heavy atom. The normalized spacial score (nSPS) is 11.6. The summed E-state index contributed by atoms with van der Waals surface area (Å²) in [4.78, 5) is 16.8. The van der Waals surface area contributed by atoms with Crippen molar-refractivity contribution in [3.63, 3.8) is 0 Å². The number of imidazole rings is 1. The van der Waals surface area contributed by atoms with E-state index in [9.17, 15) is 9.18 Å². The molecule has 0 bridgehead atoms. The summed E-state index contributed by atoms with van der Waals surface area (Å²) in [5.74, 6) is 0.552. The van der Waals surface area contributed by atoms with Gasteiger partial charge in [0.05, 0.1) is 6.42 Å². The second kappa shape index (κ2) is 5.57. The topological polar surface area (TPSA) is 34.9 Å². The number of hydrogen-bond donors (Lipinski definition) is 0. The fraction of sp³-hybridized carbons (Fsp3) is 0.375. The molecule has 2 rings (SSSR count). The molecule has 0 unspecified atom stereocenters. The molecule has 0 aliphatic rings. The van der Waals surface area contributed by atoms with Gasteiger partial charge in [-0.1, -0.05) is 12.1 Å². The summed E-state index contributed by atoms with van der Waals surface area (Å²) in [6.07, 6.45) is 3.86. The quantitative estimate of drug-likeness (QED) is 0.839. The van der Waals surface area contributed by atoms with E-state index in [1.165, 1.54) is 12.1 Å². The second-order valence-electron chi connectivity index (χ2n) is 5.36. The van der Waals surface area contributed by atoms with Crippen LogP contribution in [0.3, 0.4) is 0 Å². The second-order valence-corrected chi connectivity index (χ2v) is 5.36. The number of nitrogens with zero attached hydrogens (tertiary/aromatic N) is 2. The summed E-state index contributed by atoms with van der Waals surface area (Å²) in [5, 5.41) is 0. The Morgan fingerprint density at radius 3 is 2.55 bits per heavy atom. The van der Waals surface area contributed by atoms with Gasteiger partial charge in [0.2, 0.25) is 0 Å². The van der Waals surface area contributed by atoms with E-state index in [0.717, 1.165) is 17.9 Å². The molecule has 0 aliphatic carbocycles. The first-order chi connectivity index (χ1) is 9.45. The monoisotopic (exact) mass is 274 g/mol. The van der Waals surface area contributed by atoms with Crippen molar-refractivity contribution in [2.75, 3.05) is 0 Å². The molecule has 1 heterocycles. The zero-order valence-electron chi connectivity index (χ0n) is 12.1. The van der Waals surface area contributed by atoms with Gasteiger partial charge in [0.25, 0.3) is 0 Å². The van der Waals surface area contributed by atoms with Gasteiger partial charge in [0.1, 0.15) is 17.4 Å². The molecular weight excluding hydrogens is 255 g/mol. The third kappa shape index (κ3) is 2.79. The number of aromatic nitrogens is 2. The Kier molecular flexibility index (Phi) is 4.02. The number of halogens is 1. The molecule has 20 heavy (non-hydrogen) atoms. The summed E-state index contributed by atoms with van der Waals surface area (Å²) < 4.78 is 14.9. The van der Waals surface area contributed by atoms with Crippen molar-refractivity contribution < 1.29 is 9.18 Å². The lowest BCUT2D eigenvalue weighted by molar-refractivity contribution is -0.123. The highest BCUT2D eigenvalue weighted by molar-refractivity contribution is 5.90. The van der Waals surface area contributed by atoms with Crippen molar-refractivity contribution in [3.05, 3.63) is 53.9 Å². The van der Waals surface area contributed by atoms with Gasteiger partial charge in [-0.05, 0) is 38.5 Å². The molecule has 0 saturated carbocycles. The maximum atomic E-state index is 13.0. The molecule has 4 heteroatoms. The van der Waals surface area contributed by atoms with Crippen LogP contribution in [0.5, 0.6) is 0 Å². The number of ketones is 1. The van der Waals surface area contributed by atoms with Crippen LogP contribution in [0.1, 0.15) is 32.2 Å². The molecule has 0 radical (unpaired) electrons. The van der Waals surface area contributed by atoms with E-state index >= 15 is 0 Å². The van der Waals surface area contributed by atoms with Crippen LogP contribution in [0.4, 0.5) is 4.39 Å². The predicted octanol–water partition coefficient (Wildman–Crippen LogP) is 3.13. The van der Waals surface area contributed by atoms with Crippen molar-refractivity contribution in [1.29, 1.82) is 0 Å². The van der Waals surface area contributed by atoms with Gasteiger partial charge < -0.3 is 4.57 Å². The lowest BCUT2D eigenvalue weighted by Crippen LogP contribution is -2.31. The summed E-state index contributed by atoms with van der Waals surface area (Å²) in [7, 11) is 0. The van der Waals surface area contributed by atoms with Gasteiger partial charge in [-0.15, -0.1) is 0 Å². The smallest absolute Gasteiger partial charge is 0.150 e. The Bertz CT molecular complexity index is 599. The largest absolute Gasteiger partial charge is 0.335 e. The third-order valence-corrected chi connectivity index (χ3v) is 3.72. The van der Waals surface area contributed by atoms with Crippen LogP contribution in [-0.2, 0) is 23.2 Å². The van der Waals surface area contributed by atoms with Gasteiger partial charge in [0, 0.05) is 24.4 Å². The van der Waals surface area contributed by atoms with Crippen LogP contribution in [-0.4, -0.2) is 15.3 Å². The van der Waals surface area contributed by atoms with Crippen LogP contribution in [0.15, 0.2) is 36.7 Å². The fourth-order valence-corrected chi connectivity index (χ4v) is 2.19. The average Bonchev–Trinajstić information content (AvgIpc) is 2.86. The van der Waals surface area contributed by atoms with Crippen molar-refractivity contribution in [3.8, 4) is 0 Å².